The molecule has 0 saturated carbocycles. The largest absolute Gasteiger partial charge is 0.417 e. The van der Waals surface area contributed by atoms with E-state index in [1.807, 2.05) is 0 Å². The first-order valence-electron chi connectivity index (χ1n) is 4.10. The molecule has 0 aromatic carbocycles. The molecule has 0 bridgehead atoms. The molecule has 0 fully saturated rings. The van der Waals surface area contributed by atoms with Crippen LogP contribution in [0.3, 0.4) is 0 Å². The summed E-state index contributed by atoms with van der Waals surface area (Å²) in [4.78, 5) is 18.2. The summed E-state index contributed by atoms with van der Waals surface area (Å²) in [7, 11) is 1.30. The number of carbonyl (C=O) groups excluding carboxylic acids is 1. The molecule has 0 atom stereocenters. The van der Waals surface area contributed by atoms with Crippen molar-refractivity contribution in [3.63, 3.8) is 0 Å². The van der Waals surface area contributed by atoms with Gasteiger partial charge in [0.05, 0.1) is 10.5 Å². The van der Waals surface area contributed by atoms with Gasteiger partial charge in [-0.2, -0.15) is 8.78 Å². The maximum atomic E-state index is 12.0. The van der Waals surface area contributed by atoms with Gasteiger partial charge in [-0.25, -0.2) is 4.98 Å². The van der Waals surface area contributed by atoms with Crippen LogP contribution in [0.4, 0.5) is 8.78 Å². The van der Waals surface area contributed by atoms with E-state index in [4.69, 9.17) is 0 Å². The highest BCUT2D eigenvalue weighted by molar-refractivity contribution is 7.14. The highest BCUT2D eigenvalue weighted by atomic mass is 32.1. The van der Waals surface area contributed by atoms with Crippen LogP contribution in [0, 0.1) is 0 Å². The van der Waals surface area contributed by atoms with Crippen LogP contribution in [0.1, 0.15) is 14.7 Å². The summed E-state index contributed by atoms with van der Waals surface area (Å²) in [5.41, 5.74) is 0.126. The monoisotopic (exact) mass is 246 g/mol. The van der Waals surface area contributed by atoms with Gasteiger partial charge < -0.3 is 4.74 Å². The number of hydrogen-bond acceptors (Lipinski definition) is 5. The molecule has 0 radical (unpaired) electrons. The van der Waals surface area contributed by atoms with Gasteiger partial charge in [0.1, 0.15) is 5.01 Å². The lowest BCUT2D eigenvalue weighted by Gasteiger charge is -2.07. The lowest BCUT2D eigenvalue weighted by Crippen LogP contribution is -2.11. The van der Waals surface area contributed by atoms with Crippen molar-refractivity contribution >= 4 is 29.1 Å². The molecule has 1 rings (SSSR count). The van der Waals surface area contributed by atoms with Crippen molar-refractivity contribution in [2.75, 3.05) is 7.05 Å². The van der Waals surface area contributed by atoms with Crippen molar-refractivity contribution < 1.29 is 18.3 Å². The van der Waals surface area contributed by atoms with Gasteiger partial charge in [-0.05, 0) is 0 Å². The smallest absolute Gasteiger partial charge is 0.388 e. The van der Waals surface area contributed by atoms with Gasteiger partial charge in [-0.15, -0.1) is 11.3 Å². The number of carbonyl (C=O) groups is 1. The van der Waals surface area contributed by atoms with Gasteiger partial charge in [0.25, 0.3) is 0 Å². The zero-order chi connectivity index (χ0) is 12.1. The lowest BCUT2D eigenvalue weighted by molar-refractivity contribution is -0.0588. The number of rotatable bonds is 4. The number of aromatic nitrogens is 1. The van der Waals surface area contributed by atoms with Crippen molar-refractivity contribution in [2.24, 2.45) is 4.99 Å². The number of aliphatic imine (C=N–C) groups is 1. The second-order valence-electron chi connectivity index (χ2n) is 2.57. The van der Waals surface area contributed by atoms with E-state index in [2.05, 4.69) is 21.3 Å². The predicted molar refractivity (Wildman–Crippen MR) is 57.0 cm³/mol. The quantitative estimate of drug-likeness (QED) is 0.465. The van der Waals surface area contributed by atoms with E-state index in [0.29, 0.717) is 16.2 Å². The number of ether oxygens (including phenoxy) is 1. The normalized spacial score (nSPS) is 11.6. The highest BCUT2D eigenvalue weighted by Gasteiger charge is 2.16. The third-order valence-corrected chi connectivity index (χ3v) is 2.54. The fourth-order valence-electron chi connectivity index (χ4n) is 0.915. The van der Waals surface area contributed by atoms with Gasteiger partial charge in [0.15, 0.2) is 6.29 Å². The zero-order valence-electron chi connectivity index (χ0n) is 8.31. The van der Waals surface area contributed by atoms with Crippen molar-refractivity contribution in [3.05, 3.63) is 22.7 Å². The van der Waals surface area contributed by atoms with Crippen molar-refractivity contribution in [3.8, 4) is 0 Å². The Morgan fingerprint density at radius 2 is 2.44 bits per heavy atom. The second kappa shape index (κ2) is 5.45. The van der Waals surface area contributed by atoms with Crippen LogP contribution in [0.5, 0.6) is 0 Å². The standard InChI is InChI=1S/C9H8F2N2O2S/c1-5(7(12-2)15-9(10)11)8-13-3-6(4-14)16-8/h3-4,9H,1H2,2H3. The molecule has 0 aliphatic rings. The van der Waals surface area contributed by atoms with Gasteiger partial charge >= 0.3 is 6.61 Å². The van der Waals surface area contributed by atoms with Crippen LogP contribution in [-0.2, 0) is 4.74 Å². The van der Waals surface area contributed by atoms with E-state index < -0.39 is 6.61 Å². The summed E-state index contributed by atoms with van der Waals surface area (Å²) < 4.78 is 28.2. The van der Waals surface area contributed by atoms with E-state index in [1.54, 1.807) is 0 Å². The van der Waals surface area contributed by atoms with Gasteiger partial charge in [-0.1, -0.05) is 6.58 Å². The molecule has 7 heteroatoms. The third kappa shape index (κ3) is 2.93. The van der Waals surface area contributed by atoms with Crippen LogP contribution in [0.25, 0.3) is 5.57 Å². The Morgan fingerprint density at radius 1 is 1.75 bits per heavy atom. The number of halogens is 2. The fraction of sp³-hybridized carbons (Fsp3) is 0.222. The number of aldehydes is 1. The molecular weight excluding hydrogens is 238 g/mol. The minimum Gasteiger partial charge on any atom is -0.417 e. The minimum absolute atomic E-state index is 0.126. The van der Waals surface area contributed by atoms with E-state index >= 15 is 0 Å². The topological polar surface area (TPSA) is 51.6 Å². The molecule has 0 aliphatic heterocycles. The fourth-order valence-corrected chi connectivity index (χ4v) is 1.61. The summed E-state index contributed by atoms with van der Waals surface area (Å²) in [6.45, 7) is 0.568. The van der Waals surface area contributed by atoms with Crippen LogP contribution < -0.4 is 0 Å². The molecule has 0 unspecified atom stereocenters. The van der Waals surface area contributed by atoms with Crippen LogP contribution in [-0.4, -0.2) is 30.8 Å². The average Bonchev–Trinajstić information content (AvgIpc) is 2.73. The van der Waals surface area contributed by atoms with Crippen molar-refractivity contribution in [1.29, 1.82) is 0 Å². The Balaban J connectivity index is 2.87. The van der Waals surface area contributed by atoms with E-state index in [9.17, 15) is 13.6 Å². The maximum Gasteiger partial charge on any atom is 0.388 e. The molecule has 0 amide bonds. The number of hydrogen-bond donors (Lipinski definition) is 0. The highest BCUT2D eigenvalue weighted by Crippen LogP contribution is 2.21. The van der Waals surface area contributed by atoms with E-state index in [0.717, 1.165) is 11.3 Å². The van der Waals surface area contributed by atoms with Crippen LogP contribution in [0.2, 0.25) is 0 Å². The molecule has 1 aromatic heterocycles. The SMILES string of the molecule is C=C(C(=NC)OC(F)F)c1ncc(C=O)s1. The zero-order valence-corrected chi connectivity index (χ0v) is 9.13. The molecule has 0 spiro atoms. The number of nitrogens with zero attached hydrogens (tertiary/aromatic N) is 2. The number of alkyl halides is 2. The maximum absolute atomic E-state index is 12.0. The van der Waals surface area contributed by atoms with Crippen molar-refractivity contribution in [2.45, 2.75) is 6.61 Å². The van der Waals surface area contributed by atoms with E-state index in [-0.39, 0.29) is 11.5 Å². The summed E-state index contributed by atoms with van der Waals surface area (Å²) in [6, 6.07) is 0. The summed E-state index contributed by atoms with van der Waals surface area (Å²) >= 11 is 1.03. The molecule has 0 aliphatic carbocycles. The molecular formula is C9H8F2N2O2S. The molecule has 4 nitrogen and oxygen atoms in total. The molecule has 0 N–H and O–H groups in total. The molecule has 16 heavy (non-hydrogen) atoms. The Kier molecular flexibility index (Phi) is 4.24. The molecule has 1 heterocycles. The first kappa shape index (κ1) is 12.4. The third-order valence-electron chi connectivity index (χ3n) is 1.56. The van der Waals surface area contributed by atoms with Gasteiger partial charge in [-0.3, -0.25) is 9.79 Å². The summed E-state index contributed by atoms with van der Waals surface area (Å²) in [6.07, 6.45) is 1.94. The number of thiazole rings is 1. The Labute approximate surface area is 94.3 Å². The summed E-state index contributed by atoms with van der Waals surface area (Å²) in [5, 5.41) is 0.323. The second-order valence-corrected chi connectivity index (χ2v) is 3.63. The Bertz CT molecular complexity index is 429. The van der Waals surface area contributed by atoms with E-state index in [1.165, 1.54) is 13.2 Å². The predicted octanol–water partition coefficient (Wildman–Crippen LogP) is 2.24. The van der Waals surface area contributed by atoms with Crippen LogP contribution in [0.15, 0.2) is 17.8 Å². The van der Waals surface area contributed by atoms with Crippen LogP contribution >= 0.6 is 11.3 Å². The van der Waals surface area contributed by atoms with Gasteiger partial charge in [0.2, 0.25) is 5.90 Å². The first-order chi connectivity index (χ1) is 7.58. The Morgan fingerprint density at radius 3 is 2.88 bits per heavy atom. The Hall–Kier alpha value is -1.63. The molecule has 86 valence electrons. The molecule has 0 saturated heterocycles. The molecule has 1 aromatic rings. The minimum atomic E-state index is -2.97. The lowest BCUT2D eigenvalue weighted by atomic mass is 10.3. The summed E-state index contributed by atoms with van der Waals surface area (Å²) in [5.74, 6) is -0.290. The first-order valence-corrected chi connectivity index (χ1v) is 4.92. The van der Waals surface area contributed by atoms with Crippen molar-refractivity contribution in [1.82, 2.24) is 4.98 Å². The van der Waals surface area contributed by atoms with Gasteiger partial charge in [0, 0.05) is 13.2 Å². The average molecular weight is 246 g/mol.